The molecule has 1 aromatic rings. The lowest BCUT2D eigenvalue weighted by Crippen LogP contribution is -2.22. The number of hydrogen-bond acceptors (Lipinski definition) is 2. The minimum absolute atomic E-state index is 0.277. The Kier molecular flexibility index (Phi) is 4.32. The lowest BCUT2D eigenvalue weighted by atomic mass is 10.0. The molecule has 0 spiro atoms. The summed E-state index contributed by atoms with van der Waals surface area (Å²) in [5.41, 5.74) is 2.16. The van der Waals surface area contributed by atoms with Crippen LogP contribution in [0.15, 0.2) is 24.3 Å². The molecule has 1 fully saturated rings. The topological polar surface area (TPSA) is 20.3 Å². The van der Waals surface area contributed by atoms with Gasteiger partial charge in [-0.2, -0.15) is 0 Å². The number of benzene rings is 1. The molecule has 1 aromatic carbocycles. The summed E-state index contributed by atoms with van der Waals surface area (Å²) in [7, 11) is 0. The van der Waals surface area contributed by atoms with Crippen LogP contribution in [0.1, 0.15) is 42.1 Å². The third-order valence-corrected chi connectivity index (χ3v) is 3.54. The number of rotatable bonds is 5. The Hall–Kier alpha value is -1.15. The maximum Gasteiger partial charge on any atom is 0.164 e. The van der Waals surface area contributed by atoms with Crippen LogP contribution in [0.5, 0.6) is 0 Å². The smallest absolute Gasteiger partial charge is 0.164 e. The van der Waals surface area contributed by atoms with E-state index in [9.17, 15) is 4.79 Å². The second-order valence-electron chi connectivity index (χ2n) is 4.77. The Morgan fingerprint density at radius 1 is 1.18 bits per heavy atom. The molecule has 92 valence electrons. The number of carbonyl (C=O) groups excluding carboxylic acids is 1. The zero-order valence-corrected chi connectivity index (χ0v) is 10.6. The molecule has 1 aliphatic rings. The van der Waals surface area contributed by atoms with Gasteiger partial charge in [-0.3, -0.25) is 4.79 Å². The van der Waals surface area contributed by atoms with E-state index in [1.807, 2.05) is 12.1 Å². The van der Waals surface area contributed by atoms with Crippen molar-refractivity contribution in [2.75, 3.05) is 19.6 Å². The monoisotopic (exact) mass is 231 g/mol. The third-order valence-electron chi connectivity index (χ3n) is 3.54. The molecule has 17 heavy (non-hydrogen) atoms. The van der Waals surface area contributed by atoms with Gasteiger partial charge in [0.15, 0.2) is 5.78 Å². The number of likely N-dealkylation sites (tertiary alicyclic amines) is 1. The fourth-order valence-electron chi connectivity index (χ4n) is 2.34. The summed E-state index contributed by atoms with van der Waals surface area (Å²) in [6.07, 6.45) is 4.27. The number of carbonyl (C=O) groups is 1. The quantitative estimate of drug-likeness (QED) is 0.726. The molecule has 1 heterocycles. The van der Waals surface area contributed by atoms with Gasteiger partial charge in [0.25, 0.3) is 0 Å². The Balaban J connectivity index is 1.85. The fourth-order valence-corrected chi connectivity index (χ4v) is 2.34. The van der Waals surface area contributed by atoms with Crippen LogP contribution in [0.4, 0.5) is 0 Å². The summed E-state index contributed by atoms with van der Waals surface area (Å²) in [6.45, 7) is 5.39. The van der Waals surface area contributed by atoms with Gasteiger partial charge in [-0.25, -0.2) is 0 Å². The van der Waals surface area contributed by atoms with Gasteiger partial charge in [0.05, 0.1) is 0 Å². The minimum Gasteiger partial charge on any atom is -0.303 e. The van der Waals surface area contributed by atoms with Crippen molar-refractivity contribution in [1.82, 2.24) is 4.90 Å². The Morgan fingerprint density at radius 3 is 2.41 bits per heavy atom. The SMILES string of the molecule is CCc1ccc(C(=O)CCN2CCCC2)cc1. The molecule has 0 saturated carbocycles. The van der Waals surface area contributed by atoms with Gasteiger partial charge in [0.1, 0.15) is 0 Å². The first-order chi connectivity index (χ1) is 8.29. The fraction of sp³-hybridized carbons (Fsp3) is 0.533. The molecule has 0 N–H and O–H groups in total. The van der Waals surface area contributed by atoms with E-state index in [2.05, 4.69) is 24.0 Å². The molecule has 0 unspecified atom stereocenters. The largest absolute Gasteiger partial charge is 0.303 e. The molecule has 0 aliphatic carbocycles. The normalized spacial score (nSPS) is 16.3. The maximum atomic E-state index is 12.0. The molecule has 2 heteroatoms. The van der Waals surface area contributed by atoms with Gasteiger partial charge in [-0.15, -0.1) is 0 Å². The average Bonchev–Trinajstić information content (AvgIpc) is 2.89. The maximum absolute atomic E-state index is 12.0. The number of hydrogen-bond donors (Lipinski definition) is 0. The summed E-state index contributed by atoms with van der Waals surface area (Å²) < 4.78 is 0. The Morgan fingerprint density at radius 2 is 1.82 bits per heavy atom. The van der Waals surface area contributed by atoms with Gasteiger partial charge in [0.2, 0.25) is 0 Å². The van der Waals surface area contributed by atoms with Crippen molar-refractivity contribution in [3.63, 3.8) is 0 Å². The molecule has 1 aliphatic heterocycles. The highest BCUT2D eigenvalue weighted by Gasteiger charge is 2.13. The molecular weight excluding hydrogens is 210 g/mol. The highest BCUT2D eigenvalue weighted by Crippen LogP contribution is 2.11. The molecule has 2 rings (SSSR count). The highest BCUT2D eigenvalue weighted by atomic mass is 16.1. The predicted molar refractivity (Wildman–Crippen MR) is 70.4 cm³/mol. The van der Waals surface area contributed by atoms with Crippen LogP contribution in [0, 0.1) is 0 Å². The van der Waals surface area contributed by atoms with Gasteiger partial charge in [-0.05, 0) is 37.9 Å². The number of ketones is 1. The lowest BCUT2D eigenvalue weighted by molar-refractivity contribution is 0.0969. The number of aryl methyl sites for hydroxylation is 1. The van der Waals surface area contributed by atoms with Gasteiger partial charge >= 0.3 is 0 Å². The molecule has 0 radical (unpaired) electrons. The number of nitrogens with zero attached hydrogens (tertiary/aromatic N) is 1. The zero-order chi connectivity index (χ0) is 12.1. The van der Waals surface area contributed by atoms with Gasteiger partial charge < -0.3 is 4.90 Å². The van der Waals surface area contributed by atoms with E-state index in [1.54, 1.807) is 0 Å². The Labute approximate surface area is 104 Å². The molecule has 0 amide bonds. The van der Waals surface area contributed by atoms with E-state index in [-0.39, 0.29) is 5.78 Å². The van der Waals surface area contributed by atoms with Crippen LogP contribution in [0.25, 0.3) is 0 Å². The van der Waals surface area contributed by atoms with Crippen LogP contribution in [-0.4, -0.2) is 30.3 Å². The summed E-state index contributed by atoms with van der Waals surface area (Å²) in [5.74, 6) is 0.277. The van der Waals surface area contributed by atoms with Crippen LogP contribution in [0.2, 0.25) is 0 Å². The minimum atomic E-state index is 0.277. The second kappa shape index (κ2) is 5.97. The first-order valence-corrected chi connectivity index (χ1v) is 6.64. The predicted octanol–water partition coefficient (Wildman–Crippen LogP) is 2.92. The van der Waals surface area contributed by atoms with E-state index in [4.69, 9.17) is 0 Å². The van der Waals surface area contributed by atoms with E-state index in [0.717, 1.165) is 18.5 Å². The lowest BCUT2D eigenvalue weighted by Gasteiger charge is -2.13. The summed E-state index contributed by atoms with van der Waals surface area (Å²) in [4.78, 5) is 14.4. The molecular formula is C15H21NO. The molecule has 1 saturated heterocycles. The van der Waals surface area contributed by atoms with Crippen LogP contribution in [0.3, 0.4) is 0 Å². The van der Waals surface area contributed by atoms with Crippen molar-refractivity contribution in [2.24, 2.45) is 0 Å². The molecule has 0 atom stereocenters. The highest BCUT2D eigenvalue weighted by molar-refractivity contribution is 5.96. The van der Waals surface area contributed by atoms with E-state index >= 15 is 0 Å². The summed E-state index contributed by atoms with van der Waals surface area (Å²) in [5, 5.41) is 0. The van der Waals surface area contributed by atoms with E-state index in [1.165, 1.54) is 31.5 Å². The second-order valence-corrected chi connectivity index (χ2v) is 4.77. The van der Waals surface area contributed by atoms with E-state index in [0.29, 0.717) is 6.42 Å². The van der Waals surface area contributed by atoms with Crippen molar-refractivity contribution < 1.29 is 4.79 Å². The van der Waals surface area contributed by atoms with Crippen LogP contribution < -0.4 is 0 Å². The molecule has 0 aromatic heterocycles. The zero-order valence-electron chi connectivity index (χ0n) is 10.6. The van der Waals surface area contributed by atoms with Crippen molar-refractivity contribution in [3.05, 3.63) is 35.4 Å². The first-order valence-electron chi connectivity index (χ1n) is 6.64. The number of Topliss-reactive ketones (excluding diaryl/α,β-unsaturated/α-hetero) is 1. The third kappa shape index (κ3) is 3.40. The van der Waals surface area contributed by atoms with Crippen molar-refractivity contribution in [2.45, 2.75) is 32.6 Å². The Bertz CT molecular complexity index is 363. The van der Waals surface area contributed by atoms with Crippen molar-refractivity contribution in [1.29, 1.82) is 0 Å². The van der Waals surface area contributed by atoms with Gasteiger partial charge in [0, 0.05) is 18.5 Å². The summed E-state index contributed by atoms with van der Waals surface area (Å²) in [6, 6.07) is 8.04. The standard InChI is InChI=1S/C15H21NO/c1-2-13-5-7-14(8-6-13)15(17)9-12-16-10-3-4-11-16/h5-8H,2-4,9-12H2,1H3. The molecule has 2 nitrogen and oxygen atoms in total. The van der Waals surface area contributed by atoms with Crippen molar-refractivity contribution in [3.8, 4) is 0 Å². The first kappa shape index (κ1) is 12.3. The van der Waals surface area contributed by atoms with Crippen molar-refractivity contribution >= 4 is 5.78 Å². The van der Waals surface area contributed by atoms with Gasteiger partial charge in [-0.1, -0.05) is 31.2 Å². The van der Waals surface area contributed by atoms with E-state index < -0.39 is 0 Å². The van der Waals surface area contributed by atoms with Crippen LogP contribution >= 0.6 is 0 Å². The molecule has 0 bridgehead atoms. The van der Waals surface area contributed by atoms with Crippen LogP contribution in [-0.2, 0) is 6.42 Å². The average molecular weight is 231 g/mol. The summed E-state index contributed by atoms with van der Waals surface area (Å²) >= 11 is 0.